The Balaban J connectivity index is 3.17. The van der Waals surface area contributed by atoms with Gasteiger partial charge in [-0.2, -0.15) is 0 Å². The zero-order valence-electron chi connectivity index (χ0n) is 6.88. The van der Waals surface area contributed by atoms with E-state index in [2.05, 4.69) is 0 Å². The lowest BCUT2D eigenvalue weighted by Gasteiger charge is -2.10. The van der Waals surface area contributed by atoms with E-state index in [4.69, 9.17) is 10.2 Å². The molecule has 62 valence electrons. The number of aliphatic hydroxyl groups excluding tert-OH is 2. The van der Waals surface area contributed by atoms with E-state index in [1.165, 1.54) is 0 Å². The number of aliphatic hydroxyl groups is 2. The number of rotatable bonds is 5. The largest absolute Gasteiger partial charge is 0.393 e. The summed E-state index contributed by atoms with van der Waals surface area (Å²) in [7, 11) is 0. The maximum absolute atomic E-state index is 9.09. The van der Waals surface area contributed by atoms with Crippen LogP contribution in [0, 0.1) is 0 Å². The molecule has 2 heteroatoms. The van der Waals surface area contributed by atoms with Gasteiger partial charge in [-0.25, -0.2) is 0 Å². The first kappa shape index (κ1) is 9.92. The van der Waals surface area contributed by atoms with Crippen molar-refractivity contribution in [3.8, 4) is 0 Å². The summed E-state index contributed by atoms with van der Waals surface area (Å²) in [6, 6.07) is 0. The topological polar surface area (TPSA) is 40.5 Å². The molecule has 0 saturated carbocycles. The summed E-state index contributed by atoms with van der Waals surface area (Å²) in [6.45, 7) is 3.89. The molecule has 1 unspecified atom stereocenters. The quantitative estimate of drug-likeness (QED) is 0.614. The molecule has 10 heavy (non-hydrogen) atoms. The SMILES string of the molecule is CCC(O)CC[C@H](O)CC. The minimum atomic E-state index is -0.221. The van der Waals surface area contributed by atoms with Gasteiger partial charge in [-0.15, -0.1) is 0 Å². The van der Waals surface area contributed by atoms with Gasteiger partial charge in [0, 0.05) is 0 Å². The highest BCUT2D eigenvalue weighted by atomic mass is 16.3. The minimum Gasteiger partial charge on any atom is -0.393 e. The van der Waals surface area contributed by atoms with Crippen molar-refractivity contribution in [3.05, 3.63) is 0 Å². The first-order valence-corrected chi connectivity index (χ1v) is 4.06. The summed E-state index contributed by atoms with van der Waals surface area (Å²) in [5.74, 6) is 0. The standard InChI is InChI=1S/C8H18O2/c1-3-7(9)5-6-8(10)4-2/h7-10H,3-6H2,1-2H3/t7-,8?/m1/s1. The van der Waals surface area contributed by atoms with E-state index in [1.54, 1.807) is 0 Å². The molecule has 0 aromatic carbocycles. The van der Waals surface area contributed by atoms with Gasteiger partial charge in [-0.3, -0.25) is 0 Å². The van der Waals surface area contributed by atoms with Crippen LogP contribution in [0.5, 0.6) is 0 Å². The van der Waals surface area contributed by atoms with Crippen molar-refractivity contribution in [1.29, 1.82) is 0 Å². The Morgan fingerprint density at radius 1 is 0.900 bits per heavy atom. The van der Waals surface area contributed by atoms with Crippen LogP contribution in [0.4, 0.5) is 0 Å². The zero-order chi connectivity index (χ0) is 7.98. The van der Waals surface area contributed by atoms with E-state index >= 15 is 0 Å². The number of hydrogen-bond acceptors (Lipinski definition) is 2. The molecule has 0 bridgehead atoms. The smallest absolute Gasteiger partial charge is 0.0538 e. The van der Waals surface area contributed by atoms with Crippen LogP contribution in [0.2, 0.25) is 0 Å². The molecule has 0 aromatic rings. The lowest BCUT2D eigenvalue weighted by molar-refractivity contribution is 0.109. The summed E-state index contributed by atoms with van der Waals surface area (Å²) < 4.78 is 0. The van der Waals surface area contributed by atoms with Gasteiger partial charge in [0.1, 0.15) is 0 Å². The Labute approximate surface area is 62.9 Å². The van der Waals surface area contributed by atoms with Crippen molar-refractivity contribution in [1.82, 2.24) is 0 Å². The lowest BCUT2D eigenvalue weighted by Crippen LogP contribution is -2.11. The molecule has 2 atom stereocenters. The Morgan fingerprint density at radius 2 is 1.20 bits per heavy atom. The zero-order valence-corrected chi connectivity index (χ0v) is 6.88. The van der Waals surface area contributed by atoms with Crippen LogP contribution < -0.4 is 0 Å². The van der Waals surface area contributed by atoms with Crippen LogP contribution >= 0.6 is 0 Å². The lowest BCUT2D eigenvalue weighted by atomic mass is 10.1. The molecule has 0 aliphatic carbocycles. The second-order valence-electron chi connectivity index (χ2n) is 2.70. The van der Waals surface area contributed by atoms with E-state index in [-0.39, 0.29) is 12.2 Å². The van der Waals surface area contributed by atoms with Gasteiger partial charge in [-0.05, 0) is 25.7 Å². The molecule has 0 spiro atoms. The van der Waals surface area contributed by atoms with Gasteiger partial charge in [-0.1, -0.05) is 13.8 Å². The Kier molecular flexibility index (Phi) is 5.64. The van der Waals surface area contributed by atoms with Crippen molar-refractivity contribution < 1.29 is 10.2 Å². The molecule has 0 fully saturated rings. The van der Waals surface area contributed by atoms with Gasteiger partial charge in [0.25, 0.3) is 0 Å². The van der Waals surface area contributed by atoms with E-state index in [0.717, 1.165) is 25.7 Å². The van der Waals surface area contributed by atoms with Gasteiger partial charge < -0.3 is 10.2 Å². The van der Waals surface area contributed by atoms with Crippen LogP contribution in [0.15, 0.2) is 0 Å². The normalized spacial score (nSPS) is 16.8. The molecule has 2 nitrogen and oxygen atoms in total. The summed E-state index contributed by atoms with van der Waals surface area (Å²) in [5, 5.41) is 18.2. The van der Waals surface area contributed by atoms with Gasteiger partial charge in [0.2, 0.25) is 0 Å². The van der Waals surface area contributed by atoms with Gasteiger partial charge in [0.15, 0.2) is 0 Å². The fourth-order valence-electron chi connectivity index (χ4n) is 0.793. The predicted molar refractivity (Wildman–Crippen MR) is 41.8 cm³/mol. The molecule has 0 aliphatic heterocycles. The average Bonchev–Trinajstić information content (AvgIpc) is 1.99. The Morgan fingerprint density at radius 3 is 1.40 bits per heavy atom. The van der Waals surface area contributed by atoms with E-state index in [1.807, 2.05) is 13.8 Å². The fourth-order valence-corrected chi connectivity index (χ4v) is 0.793. The summed E-state index contributed by atoms with van der Waals surface area (Å²) in [5.41, 5.74) is 0. The summed E-state index contributed by atoms with van der Waals surface area (Å²) in [4.78, 5) is 0. The van der Waals surface area contributed by atoms with Crippen molar-refractivity contribution in [3.63, 3.8) is 0 Å². The Bertz CT molecular complexity index is 63.7. The molecule has 0 heterocycles. The first-order valence-electron chi connectivity index (χ1n) is 4.06. The molecular weight excluding hydrogens is 128 g/mol. The highest BCUT2D eigenvalue weighted by Crippen LogP contribution is 2.06. The van der Waals surface area contributed by atoms with Crippen LogP contribution in [-0.4, -0.2) is 22.4 Å². The molecule has 0 rings (SSSR count). The highest BCUT2D eigenvalue weighted by molar-refractivity contribution is 4.57. The van der Waals surface area contributed by atoms with Crippen molar-refractivity contribution in [2.24, 2.45) is 0 Å². The molecule has 0 amide bonds. The Hall–Kier alpha value is -0.0800. The number of hydrogen-bond donors (Lipinski definition) is 2. The molecular formula is C8H18O2. The van der Waals surface area contributed by atoms with Gasteiger partial charge >= 0.3 is 0 Å². The maximum Gasteiger partial charge on any atom is 0.0538 e. The van der Waals surface area contributed by atoms with Crippen LogP contribution in [0.1, 0.15) is 39.5 Å². The average molecular weight is 146 g/mol. The third-order valence-corrected chi connectivity index (χ3v) is 1.78. The summed E-state index contributed by atoms with van der Waals surface area (Å²) >= 11 is 0. The molecule has 0 saturated heterocycles. The van der Waals surface area contributed by atoms with Crippen LogP contribution in [-0.2, 0) is 0 Å². The maximum atomic E-state index is 9.09. The second kappa shape index (κ2) is 5.69. The van der Waals surface area contributed by atoms with Gasteiger partial charge in [0.05, 0.1) is 12.2 Å². The highest BCUT2D eigenvalue weighted by Gasteiger charge is 2.04. The van der Waals surface area contributed by atoms with Crippen molar-refractivity contribution >= 4 is 0 Å². The monoisotopic (exact) mass is 146 g/mol. The van der Waals surface area contributed by atoms with Crippen LogP contribution in [0.3, 0.4) is 0 Å². The van der Waals surface area contributed by atoms with Crippen molar-refractivity contribution in [2.75, 3.05) is 0 Å². The van der Waals surface area contributed by atoms with E-state index in [0.29, 0.717) is 0 Å². The molecule has 0 aromatic heterocycles. The first-order chi connectivity index (χ1) is 4.70. The van der Waals surface area contributed by atoms with Crippen molar-refractivity contribution in [2.45, 2.75) is 51.7 Å². The minimum absolute atomic E-state index is 0.221. The summed E-state index contributed by atoms with van der Waals surface area (Å²) in [6.07, 6.45) is 2.59. The second-order valence-corrected chi connectivity index (χ2v) is 2.70. The third-order valence-electron chi connectivity index (χ3n) is 1.78. The molecule has 0 aliphatic rings. The predicted octanol–water partition coefficient (Wildman–Crippen LogP) is 1.31. The van der Waals surface area contributed by atoms with E-state index in [9.17, 15) is 0 Å². The third kappa shape index (κ3) is 4.77. The molecule has 2 N–H and O–H groups in total. The van der Waals surface area contributed by atoms with Crippen LogP contribution in [0.25, 0.3) is 0 Å². The molecule has 0 radical (unpaired) electrons. The fraction of sp³-hybridized carbons (Fsp3) is 1.00. The van der Waals surface area contributed by atoms with E-state index < -0.39 is 0 Å².